The van der Waals surface area contributed by atoms with Crippen LogP contribution in [0.25, 0.3) is 0 Å². The Bertz CT molecular complexity index is 482. The molecule has 0 saturated heterocycles. The molecule has 1 aromatic carbocycles. The van der Waals surface area contributed by atoms with E-state index >= 15 is 0 Å². The van der Waals surface area contributed by atoms with Crippen LogP contribution in [0.1, 0.15) is 40.2 Å². The Labute approximate surface area is 104 Å². The monoisotopic (exact) mass is 256 g/mol. The van der Waals surface area contributed by atoms with Gasteiger partial charge in [-0.05, 0) is 30.9 Å². The van der Waals surface area contributed by atoms with Crippen molar-refractivity contribution in [3.63, 3.8) is 0 Å². The fraction of sp³-hybridized carbons (Fsp3) is 0.538. The molecule has 1 aromatic rings. The van der Waals surface area contributed by atoms with Gasteiger partial charge in [-0.3, -0.25) is 4.18 Å². The van der Waals surface area contributed by atoms with Crippen LogP contribution in [0.3, 0.4) is 0 Å². The summed E-state index contributed by atoms with van der Waals surface area (Å²) in [6.07, 6.45) is -0.354. The summed E-state index contributed by atoms with van der Waals surface area (Å²) in [5.74, 6) is 0. The summed E-state index contributed by atoms with van der Waals surface area (Å²) in [5, 5.41) is 0. The first-order valence-corrected chi connectivity index (χ1v) is 7.08. The first kappa shape index (κ1) is 14.2. The van der Waals surface area contributed by atoms with Crippen LogP contribution in [-0.4, -0.2) is 14.5 Å². The van der Waals surface area contributed by atoms with E-state index in [4.69, 9.17) is 4.18 Å². The molecule has 0 aliphatic carbocycles. The molecule has 0 aromatic heterocycles. The van der Waals surface area contributed by atoms with Gasteiger partial charge in [-0.2, -0.15) is 8.42 Å². The van der Waals surface area contributed by atoms with Gasteiger partial charge in [0.1, 0.15) is 0 Å². The molecule has 0 aliphatic heterocycles. The minimum absolute atomic E-state index is 0.232. The number of hydrogen-bond donors (Lipinski definition) is 0. The molecule has 0 atom stereocenters. The van der Waals surface area contributed by atoms with Gasteiger partial charge in [-0.25, -0.2) is 0 Å². The zero-order valence-corrected chi connectivity index (χ0v) is 11.8. The average molecular weight is 256 g/mol. The van der Waals surface area contributed by atoms with Crippen LogP contribution < -0.4 is 0 Å². The lowest BCUT2D eigenvalue weighted by molar-refractivity contribution is 0.248. The van der Waals surface area contributed by atoms with E-state index in [9.17, 15) is 8.42 Å². The molecule has 0 N–H and O–H groups in total. The van der Waals surface area contributed by atoms with Gasteiger partial charge in [0, 0.05) is 0 Å². The quantitative estimate of drug-likeness (QED) is 0.780. The van der Waals surface area contributed by atoms with Gasteiger partial charge >= 0.3 is 0 Å². The molecular formula is C13H20O3S. The van der Waals surface area contributed by atoms with Crippen molar-refractivity contribution in [2.75, 3.05) is 0 Å². The predicted octanol–water partition coefficient (Wildman–Crippen LogP) is 3.10. The largest absolute Gasteiger partial charge is 0.297 e. The molecule has 4 heteroatoms. The highest BCUT2D eigenvalue weighted by Crippen LogP contribution is 2.29. The first-order valence-electron chi connectivity index (χ1n) is 5.67. The Kier molecular flexibility index (Phi) is 3.99. The molecular weight excluding hydrogens is 236 g/mol. The fourth-order valence-corrected chi connectivity index (χ4v) is 3.11. The maximum absolute atomic E-state index is 12.1. The zero-order valence-electron chi connectivity index (χ0n) is 11.0. The summed E-state index contributed by atoms with van der Waals surface area (Å²) in [5.41, 5.74) is 0.546. The van der Waals surface area contributed by atoms with Crippen LogP contribution in [0.2, 0.25) is 0 Å². The summed E-state index contributed by atoms with van der Waals surface area (Å²) >= 11 is 0. The third-order valence-corrected chi connectivity index (χ3v) is 3.82. The molecule has 0 bridgehead atoms. The van der Waals surface area contributed by atoms with Gasteiger partial charge in [-0.1, -0.05) is 39.0 Å². The van der Waals surface area contributed by atoms with Crippen molar-refractivity contribution in [3.8, 4) is 0 Å². The topological polar surface area (TPSA) is 43.4 Å². The Balaban J connectivity index is 3.33. The Morgan fingerprint density at radius 2 is 1.65 bits per heavy atom. The molecule has 0 heterocycles. The maximum Gasteiger partial charge on any atom is 0.297 e. The lowest BCUT2D eigenvalue weighted by Crippen LogP contribution is -2.20. The van der Waals surface area contributed by atoms with E-state index in [1.165, 1.54) is 0 Å². The predicted molar refractivity (Wildman–Crippen MR) is 68.5 cm³/mol. The summed E-state index contributed by atoms with van der Waals surface area (Å²) in [6, 6.07) is 6.98. The van der Waals surface area contributed by atoms with Gasteiger partial charge in [0.15, 0.2) is 0 Å². The van der Waals surface area contributed by atoms with Crippen molar-refractivity contribution in [3.05, 3.63) is 29.8 Å². The highest BCUT2D eigenvalue weighted by Gasteiger charge is 2.26. The van der Waals surface area contributed by atoms with E-state index in [0.717, 1.165) is 5.56 Å². The number of rotatable bonds is 3. The highest BCUT2D eigenvalue weighted by molar-refractivity contribution is 7.86. The minimum atomic E-state index is -3.67. The van der Waals surface area contributed by atoms with Crippen molar-refractivity contribution >= 4 is 10.1 Å². The van der Waals surface area contributed by atoms with Crippen molar-refractivity contribution < 1.29 is 12.6 Å². The molecule has 3 nitrogen and oxygen atoms in total. The average Bonchev–Trinajstić information content (AvgIpc) is 2.14. The Morgan fingerprint density at radius 1 is 1.12 bits per heavy atom. The summed E-state index contributed by atoms with van der Waals surface area (Å²) in [4.78, 5) is 0.265. The van der Waals surface area contributed by atoms with E-state index in [1.807, 2.05) is 32.9 Å². The third-order valence-electron chi connectivity index (χ3n) is 2.28. The summed E-state index contributed by atoms with van der Waals surface area (Å²) in [6.45, 7) is 9.36. The SMILES string of the molecule is CC(C)OS(=O)(=O)c1ccccc1C(C)(C)C. The van der Waals surface area contributed by atoms with E-state index in [2.05, 4.69) is 0 Å². The Morgan fingerprint density at radius 3 is 2.12 bits per heavy atom. The number of benzene rings is 1. The fourth-order valence-electron chi connectivity index (χ4n) is 1.61. The smallest absolute Gasteiger partial charge is 0.264 e. The molecule has 0 spiro atoms. The van der Waals surface area contributed by atoms with Crippen molar-refractivity contribution in [2.45, 2.75) is 51.0 Å². The standard InChI is InChI=1S/C13H20O3S/c1-10(2)16-17(14,15)12-9-7-6-8-11(12)13(3,4)5/h6-10H,1-5H3. The van der Waals surface area contributed by atoms with Crippen molar-refractivity contribution in [2.24, 2.45) is 0 Å². The third kappa shape index (κ3) is 3.54. The van der Waals surface area contributed by atoms with Gasteiger partial charge < -0.3 is 0 Å². The molecule has 0 radical (unpaired) electrons. The number of hydrogen-bond acceptors (Lipinski definition) is 3. The summed E-state index contributed by atoms with van der Waals surface area (Å²) < 4.78 is 29.2. The second-order valence-electron chi connectivity index (χ2n) is 5.35. The van der Waals surface area contributed by atoms with Gasteiger partial charge in [-0.15, -0.1) is 0 Å². The minimum Gasteiger partial charge on any atom is -0.264 e. The Hall–Kier alpha value is -0.870. The second kappa shape index (κ2) is 4.78. The van der Waals surface area contributed by atoms with Crippen LogP contribution in [0, 0.1) is 0 Å². The zero-order chi connectivity index (χ0) is 13.3. The van der Waals surface area contributed by atoms with E-state index in [1.54, 1.807) is 26.0 Å². The lowest BCUT2D eigenvalue weighted by Gasteiger charge is -2.22. The van der Waals surface area contributed by atoms with E-state index in [0.29, 0.717) is 0 Å². The maximum atomic E-state index is 12.1. The lowest BCUT2D eigenvalue weighted by atomic mass is 9.87. The van der Waals surface area contributed by atoms with Crippen molar-refractivity contribution in [1.29, 1.82) is 0 Å². The molecule has 1 rings (SSSR count). The van der Waals surface area contributed by atoms with Gasteiger partial charge in [0.25, 0.3) is 10.1 Å². The molecule has 0 saturated carbocycles. The molecule has 96 valence electrons. The molecule has 0 unspecified atom stereocenters. The van der Waals surface area contributed by atoms with Crippen LogP contribution in [0.4, 0.5) is 0 Å². The van der Waals surface area contributed by atoms with Crippen LogP contribution >= 0.6 is 0 Å². The molecule has 0 amide bonds. The van der Waals surface area contributed by atoms with E-state index < -0.39 is 10.1 Å². The van der Waals surface area contributed by atoms with Gasteiger partial charge in [0.05, 0.1) is 11.0 Å². The highest BCUT2D eigenvalue weighted by atomic mass is 32.2. The molecule has 0 fully saturated rings. The van der Waals surface area contributed by atoms with Crippen LogP contribution in [0.5, 0.6) is 0 Å². The van der Waals surface area contributed by atoms with Gasteiger partial charge in [0.2, 0.25) is 0 Å². The van der Waals surface area contributed by atoms with Crippen molar-refractivity contribution in [1.82, 2.24) is 0 Å². The second-order valence-corrected chi connectivity index (χ2v) is 6.89. The summed E-state index contributed by atoms with van der Waals surface area (Å²) in [7, 11) is -3.67. The molecule has 17 heavy (non-hydrogen) atoms. The normalized spacial score (nSPS) is 13.1. The van der Waals surface area contributed by atoms with Crippen LogP contribution in [0.15, 0.2) is 29.2 Å². The first-order chi connectivity index (χ1) is 7.64. The van der Waals surface area contributed by atoms with Crippen LogP contribution in [-0.2, 0) is 19.7 Å². The molecule has 0 aliphatic rings. The van der Waals surface area contributed by atoms with E-state index in [-0.39, 0.29) is 16.4 Å².